The van der Waals surface area contributed by atoms with Crippen LogP contribution in [0.1, 0.15) is 25.5 Å². The minimum Gasteiger partial charge on any atom is -0.486 e. The molecule has 0 radical (unpaired) electrons. The molecule has 1 aromatic carbocycles. The Labute approximate surface area is 131 Å². The number of hydrogen-bond acceptors (Lipinski definition) is 4. The van der Waals surface area contributed by atoms with Crippen molar-refractivity contribution in [2.45, 2.75) is 19.9 Å². The van der Waals surface area contributed by atoms with Gasteiger partial charge < -0.3 is 20.1 Å². The Morgan fingerprint density at radius 1 is 1.24 bits per heavy atom. The van der Waals surface area contributed by atoms with Crippen molar-refractivity contribution >= 4 is 18.3 Å². The molecule has 0 aromatic heterocycles. The van der Waals surface area contributed by atoms with Crippen LogP contribution in [0, 0.1) is 5.92 Å². The molecule has 1 aromatic rings. The van der Waals surface area contributed by atoms with Gasteiger partial charge in [0, 0.05) is 12.5 Å². The van der Waals surface area contributed by atoms with Gasteiger partial charge in [0.05, 0.1) is 6.04 Å². The standard InChI is InChI=1S/C15H22N2O3.ClH/c1-10(9-16-3)15(18)17-11(2)12-4-5-13-14(8-12)20-7-6-19-13;/h4-5,8,10-11,16H,6-7,9H2,1-3H3,(H,17,18);1H. The summed E-state index contributed by atoms with van der Waals surface area (Å²) in [6, 6.07) is 5.73. The second kappa shape index (κ2) is 8.10. The molecule has 118 valence electrons. The minimum absolute atomic E-state index is 0. The fraction of sp³-hybridized carbons (Fsp3) is 0.533. The molecule has 2 atom stereocenters. The van der Waals surface area contributed by atoms with E-state index in [0.29, 0.717) is 19.8 Å². The fourth-order valence-corrected chi connectivity index (χ4v) is 2.17. The first-order valence-corrected chi connectivity index (χ1v) is 6.96. The molecule has 0 aliphatic carbocycles. The maximum atomic E-state index is 12.0. The Bertz CT molecular complexity index is 482. The topological polar surface area (TPSA) is 59.6 Å². The van der Waals surface area contributed by atoms with Gasteiger partial charge in [0.15, 0.2) is 11.5 Å². The molecule has 2 N–H and O–H groups in total. The van der Waals surface area contributed by atoms with E-state index in [0.717, 1.165) is 17.1 Å². The van der Waals surface area contributed by atoms with E-state index >= 15 is 0 Å². The summed E-state index contributed by atoms with van der Waals surface area (Å²) in [4.78, 5) is 12.0. The van der Waals surface area contributed by atoms with Gasteiger partial charge in [-0.15, -0.1) is 12.4 Å². The average molecular weight is 315 g/mol. The molecule has 5 nitrogen and oxygen atoms in total. The van der Waals surface area contributed by atoms with Crippen LogP contribution in [0.15, 0.2) is 18.2 Å². The zero-order valence-corrected chi connectivity index (χ0v) is 13.5. The molecule has 6 heteroatoms. The zero-order valence-electron chi connectivity index (χ0n) is 12.6. The van der Waals surface area contributed by atoms with Crippen LogP contribution in [-0.4, -0.2) is 32.7 Å². The monoisotopic (exact) mass is 314 g/mol. The number of fused-ring (bicyclic) bond motifs is 1. The Balaban J connectivity index is 0.00000220. The van der Waals surface area contributed by atoms with E-state index in [1.165, 1.54) is 0 Å². The molecule has 0 fully saturated rings. The van der Waals surface area contributed by atoms with Crippen molar-refractivity contribution in [2.24, 2.45) is 5.92 Å². The summed E-state index contributed by atoms with van der Waals surface area (Å²) in [7, 11) is 1.84. The first-order valence-electron chi connectivity index (χ1n) is 6.96. The molecule has 2 rings (SSSR count). The lowest BCUT2D eigenvalue weighted by molar-refractivity contribution is -0.125. The maximum absolute atomic E-state index is 12.0. The van der Waals surface area contributed by atoms with Crippen molar-refractivity contribution in [1.82, 2.24) is 10.6 Å². The number of nitrogens with one attached hydrogen (secondary N) is 2. The Morgan fingerprint density at radius 3 is 2.57 bits per heavy atom. The van der Waals surface area contributed by atoms with Gasteiger partial charge in [-0.2, -0.15) is 0 Å². The van der Waals surface area contributed by atoms with E-state index in [9.17, 15) is 4.79 Å². The smallest absolute Gasteiger partial charge is 0.224 e. The molecule has 1 aliphatic rings. The van der Waals surface area contributed by atoms with Gasteiger partial charge in [-0.3, -0.25) is 4.79 Å². The SMILES string of the molecule is CNCC(C)C(=O)NC(C)c1ccc2c(c1)OCCO2.Cl. The molecular formula is C15H23ClN2O3. The highest BCUT2D eigenvalue weighted by Gasteiger charge is 2.18. The number of hydrogen-bond donors (Lipinski definition) is 2. The average Bonchev–Trinajstić information content (AvgIpc) is 2.46. The van der Waals surface area contributed by atoms with Crippen molar-refractivity contribution in [2.75, 3.05) is 26.8 Å². The molecule has 2 unspecified atom stereocenters. The highest BCUT2D eigenvalue weighted by molar-refractivity contribution is 5.85. The molecule has 1 aliphatic heterocycles. The second-order valence-electron chi connectivity index (χ2n) is 5.09. The number of carbonyl (C=O) groups is 1. The van der Waals surface area contributed by atoms with Crippen molar-refractivity contribution in [1.29, 1.82) is 0 Å². The second-order valence-corrected chi connectivity index (χ2v) is 5.09. The van der Waals surface area contributed by atoms with Crippen LogP contribution in [0.4, 0.5) is 0 Å². The molecule has 0 bridgehead atoms. The van der Waals surface area contributed by atoms with E-state index in [1.54, 1.807) is 0 Å². The van der Waals surface area contributed by atoms with Crippen LogP contribution < -0.4 is 20.1 Å². The summed E-state index contributed by atoms with van der Waals surface area (Å²) in [5.41, 5.74) is 1.01. The van der Waals surface area contributed by atoms with E-state index in [4.69, 9.17) is 9.47 Å². The summed E-state index contributed by atoms with van der Waals surface area (Å²) >= 11 is 0. The number of benzene rings is 1. The lowest BCUT2D eigenvalue weighted by atomic mass is 10.1. The quantitative estimate of drug-likeness (QED) is 0.871. The molecule has 1 amide bonds. The van der Waals surface area contributed by atoms with Crippen LogP contribution in [0.25, 0.3) is 0 Å². The summed E-state index contributed by atoms with van der Waals surface area (Å²) < 4.78 is 11.0. The maximum Gasteiger partial charge on any atom is 0.224 e. The lowest BCUT2D eigenvalue weighted by Gasteiger charge is -2.22. The highest BCUT2D eigenvalue weighted by Crippen LogP contribution is 2.32. The van der Waals surface area contributed by atoms with E-state index in [2.05, 4.69) is 10.6 Å². The van der Waals surface area contributed by atoms with Gasteiger partial charge in [-0.05, 0) is 31.7 Å². The number of halogens is 1. The third-order valence-electron chi connectivity index (χ3n) is 3.38. The van der Waals surface area contributed by atoms with Crippen molar-refractivity contribution in [3.8, 4) is 11.5 Å². The first-order chi connectivity index (χ1) is 9.61. The predicted molar refractivity (Wildman–Crippen MR) is 84.3 cm³/mol. The van der Waals surface area contributed by atoms with E-state index in [1.807, 2.05) is 39.1 Å². The zero-order chi connectivity index (χ0) is 14.5. The van der Waals surface area contributed by atoms with Gasteiger partial charge in [0.1, 0.15) is 13.2 Å². The largest absolute Gasteiger partial charge is 0.486 e. The first kappa shape index (κ1) is 17.6. The molecule has 0 spiro atoms. The van der Waals surface area contributed by atoms with Crippen LogP contribution >= 0.6 is 12.4 Å². The molecule has 0 saturated heterocycles. The lowest BCUT2D eigenvalue weighted by Crippen LogP contribution is -2.35. The van der Waals surface area contributed by atoms with E-state index in [-0.39, 0.29) is 30.3 Å². The fourth-order valence-electron chi connectivity index (χ4n) is 2.17. The normalized spacial score (nSPS) is 15.6. The Kier molecular flexibility index (Phi) is 6.78. The van der Waals surface area contributed by atoms with Crippen LogP contribution in [0.3, 0.4) is 0 Å². The Hall–Kier alpha value is -1.46. The van der Waals surface area contributed by atoms with Gasteiger partial charge in [-0.1, -0.05) is 13.0 Å². The van der Waals surface area contributed by atoms with Crippen LogP contribution in [0.2, 0.25) is 0 Å². The number of ether oxygens (including phenoxy) is 2. The molecule has 0 saturated carbocycles. The third kappa shape index (κ3) is 4.51. The predicted octanol–water partition coefficient (Wildman–Crippen LogP) is 1.91. The van der Waals surface area contributed by atoms with Crippen molar-refractivity contribution in [3.05, 3.63) is 23.8 Å². The van der Waals surface area contributed by atoms with E-state index < -0.39 is 0 Å². The summed E-state index contributed by atoms with van der Waals surface area (Å²) in [6.07, 6.45) is 0. The van der Waals surface area contributed by atoms with Gasteiger partial charge in [0.25, 0.3) is 0 Å². The number of carbonyl (C=O) groups excluding carboxylic acids is 1. The van der Waals surface area contributed by atoms with Crippen molar-refractivity contribution in [3.63, 3.8) is 0 Å². The van der Waals surface area contributed by atoms with Gasteiger partial charge in [0.2, 0.25) is 5.91 Å². The Morgan fingerprint density at radius 2 is 1.90 bits per heavy atom. The summed E-state index contributed by atoms with van der Waals surface area (Å²) in [6.45, 7) is 5.69. The molecule has 1 heterocycles. The highest BCUT2D eigenvalue weighted by atomic mass is 35.5. The minimum atomic E-state index is -0.0577. The van der Waals surface area contributed by atoms with Crippen molar-refractivity contribution < 1.29 is 14.3 Å². The van der Waals surface area contributed by atoms with Gasteiger partial charge in [-0.25, -0.2) is 0 Å². The number of rotatable bonds is 5. The number of amides is 1. The van der Waals surface area contributed by atoms with Gasteiger partial charge >= 0.3 is 0 Å². The summed E-state index contributed by atoms with van der Waals surface area (Å²) in [5.74, 6) is 1.50. The van der Waals surface area contributed by atoms with Crippen LogP contribution in [0.5, 0.6) is 11.5 Å². The molecular weight excluding hydrogens is 292 g/mol. The molecule has 21 heavy (non-hydrogen) atoms. The van der Waals surface area contributed by atoms with Crippen LogP contribution in [-0.2, 0) is 4.79 Å². The summed E-state index contributed by atoms with van der Waals surface area (Å²) in [5, 5.41) is 6.02. The third-order valence-corrected chi connectivity index (χ3v) is 3.38.